The van der Waals surface area contributed by atoms with E-state index in [2.05, 4.69) is 5.32 Å². The van der Waals surface area contributed by atoms with Gasteiger partial charge in [0, 0.05) is 11.8 Å². The minimum Gasteiger partial charge on any atom is -0.454 e. The van der Waals surface area contributed by atoms with Gasteiger partial charge in [-0.3, -0.25) is 14.9 Å². The molecule has 3 rings (SSSR count). The molecule has 2 aromatic carbocycles. The van der Waals surface area contributed by atoms with Crippen molar-refractivity contribution in [2.45, 2.75) is 6.18 Å². The number of nitrogens with one attached hydrogen (secondary N) is 1. The molecule has 1 amide bonds. The van der Waals surface area contributed by atoms with Gasteiger partial charge >= 0.3 is 6.18 Å². The number of amides is 1. The zero-order chi connectivity index (χ0) is 19.6. The smallest absolute Gasteiger partial charge is 0.416 e. The van der Waals surface area contributed by atoms with Gasteiger partial charge in [-0.2, -0.15) is 13.2 Å². The Morgan fingerprint density at radius 3 is 2.56 bits per heavy atom. The van der Waals surface area contributed by atoms with E-state index in [-0.39, 0.29) is 29.5 Å². The number of carbonyl (C=O) groups is 1. The number of nitrogens with zero attached hydrogens (tertiary/aromatic N) is 1. The van der Waals surface area contributed by atoms with Gasteiger partial charge in [0.15, 0.2) is 11.5 Å². The zero-order valence-corrected chi connectivity index (χ0v) is 13.4. The number of halogens is 3. The van der Waals surface area contributed by atoms with Crippen LogP contribution in [0.3, 0.4) is 0 Å². The Morgan fingerprint density at radius 2 is 1.89 bits per heavy atom. The molecule has 0 aromatic heterocycles. The predicted octanol–water partition coefficient (Wildman–Crippen LogP) is 3.99. The number of nitro groups is 1. The third kappa shape index (κ3) is 4.17. The normalized spacial score (nSPS) is 13.0. The molecule has 0 aliphatic carbocycles. The van der Waals surface area contributed by atoms with Gasteiger partial charge in [0.05, 0.1) is 22.1 Å². The number of ether oxygens (including phenoxy) is 2. The summed E-state index contributed by atoms with van der Waals surface area (Å²) in [6.07, 6.45) is -2.39. The number of rotatable bonds is 4. The van der Waals surface area contributed by atoms with E-state index in [1.807, 2.05) is 0 Å². The summed E-state index contributed by atoms with van der Waals surface area (Å²) in [4.78, 5) is 22.5. The number of anilines is 1. The van der Waals surface area contributed by atoms with Gasteiger partial charge in [0.25, 0.3) is 5.69 Å². The fourth-order valence-corrected chi connectivity index (χ4v) is 2.36. The maximum atomic E-state index is 12.7. The molecule has 0 spiro atoms. The van der Waals surface area contributed by atoms with Crippen LogP contribution in [0.5, 0.6) is 11.5 Å². The molecule has 0 bridgehead atoms. The molecule has 1 heterocycles. The van der Waals surface area contributed by atoms with Crippen molar-refractivity contribution in [2.24, 2.45) is 0 Å². The fourth-order valence-electron chi connectivity index (χ4n) is 2.36. The standard InChI is InChI=1S/C17H11F3N2O5/c18-17(19,20)11-2-1-3-12(7-11)21-16(23)5-4-10-6-14-15(27-9-26-14)8-13(10)22(24)25/h1-8H,9H2,(H,21,23)/b5-4+. The minimum atomic E-state index is -4.54. The van der Waals surface area contributed by atoms with Crippen molar-refractivity contribution in [1.82, 2.24) is 0 Å². The SMILES string of the molecule is O=C(/C=C/c1cc2c(cc1[N+](=O)[O-])OCO2)Nc1cccc(C(F)(F)F)c1. The van der Waals surface area contributed by atoms with Gasteiger partial charge in [-0.15, -0.1) is 0 Å². The van der Waals surface area contributed by atoms with E-state index in [9.17, 15) is 28.1 Å². The molecule has 0 unspecified atom stereocenters. The maximum Gasteiger partial charge on any atom is 0.416 e. The van der Waals surface area contributed by atoms with Crippen molar-refractivity contribution < 1.29 is 32.4 Å². The monoisotopic (exact) mass is 380 g/mol. The number of benzene rings is 2. The molecule has 0 radical (unpaired) electrons. The highest BCUT2D eigenvalue weighted by molar-refractivity contribution is 6.02. The molecule has 7 nitrogen and oxygen atoms in total. The van der Waals surface area contributed by atoms with Crippen LogP contribution in [0.25, 0.3) is 6.08 Å². The molecular weight excluding hydrogens is 369 g/mol. The summed E-state index contributed by atoms with van der Waals surface area (Å²) >= 11 is 0. The summed E-state index contributed by atoms with van der Waals surface area (Å²) in [7, 11) is 0. The third-order valence-electron chi connectivity index (χ3n) is 3.59. The molecule has 1 aliphatic rings. The lowest BCUT2D eigenvalue weighted by Gasteiger charge is -2.08. The van der Waals surface area contributed by atoms with E-state index in [0.717, 1.165) is 24.3 Å². The number of hydrogen-bond donors (Lipinski definition) is 1. The highest BCUT2D eigenvalue weighted by Gasteiger charge is 2.30. The summed E-state index contributed by atoms with van der Waals surface area (Å²) in [6.45, 7) is -0.0737. The first-order chi connectivity index (χ1) is 12.7. The molecule has 27 heavy (non-hydrogen) atoms. The van der Waals surface area contributed by atoms with Crippen molar-refractivity contribution >= 4 is 23.4 Å². The summed E-state index contributed by atoms with van der Waals surface area (Å²) in [5.74, 6) is -0.243. The van der Waals surface area contributed by atoms with Crippen LogP contribution >= 0.6 is 0 Å². The molecule has 0 atom stereocenters. The van der Waals surface area contributed by atoms with E-state index < -0.39 is 22.6 Å². The van der Waals surface area contributed by atoms with E-state index in [1.165, 1.54) is 24.3 Å². The predicted molar refractivity (Wildman–Crippen MR) is 88.3 cm³/mol. The van der Waals surface area contributed by atoms with E-state index in [0.29, 0.717) is 5.75 Å². The second-order valence-electron chi connectivity index (χ2n) is 5.42. The fraction of sp³-hybridized carbons (Fsp3) is 0.118. The van der Waals surface area contributed by atoms with Crippen LogP contribution < -0.4 is 14.8 Å². The first-order valence-electron chi connectivity index (χ1n) is 7.48. The van der Waals surface area contributed by atoms with Crippen LogP contribution in [-0.4, -0.2) is 17.6 Å². The molecule has 0 saturated heterocycles. The molecule has 10 heteroatoms. The average molecular weight is 380 g/mol. The lowest BCUT2D eigenvalue weighted by Crippen LogP contribution is -2.10. The number of hydrogen-bond acceptors (Lipinski definition) is 5. The Bertz CT molecular complexity index is 941. The average Bonchev–Trinajstić information content (AvgIpc) is 3.06. The highest BCUT2D eigenvalue weighted by Crippen LogP contribution is 2.38. The van der Waals surface area contributed by atoms with Crippen molar-refractivity contribution in [3.05, 3.63) is 63.7 Å². The molecule has 1 aliphatic heterocycles. The Labute approximate surface area is 150 Å². The lowest BCUT2D eigenvalue weighted by atomic mass is 10.1. The van der Waals surface area contributed by atoms with Crippen molar-refractivity contribution in [2.75, 3.05) is 12.1 Å². The number of nitro benzene ring substituents is 1. The maximum absolute atomic E-state index is 12.7. The van der Waals surface area contributed by atoms with Crippen LogP contribution in [0, 0.1) is 10.1 Å². The molecule has 0 fully saturated rings. The third-order valence-corrected chi connectivity index (χ3v) is 3.59. The Balaban J connectivity index is 1.79. The summed E-state index contributed by atoms with van der Waals surface area (Å²) in [6, 6.07) is 6.63. The first kappa shape index (κ1) is 18.2. The second kappa shape index (κ2) is 6.98. The zero-order valence-electron chi connectivity index (χ0n) is 13.4. The van der Waals surface area contributed by atoms with Gasteiger partial charge in [0.1, 0.15) is 0 Å². The molecule has 2 aromatic rings. The highest BCUT2D eigenvalue weighted by atomic mass is 19.4. The second-order valence-corrected chi connectivity index (χ2v) is 5.42. The topological polar surface area (TPSA) is 90.7 Å². The minimum absolute atomic E-state index is 0.0559. The van der Waals surface area contributed by atoms with Crippen molar-refractivity contribution in [3.63, 3.8) is 0 Å². The molecule has 140 valence electrons. The van der Waals surface area contributed by atoms with Gasteiger partial charge < -0.3 is 14.8 Å². The van der Waals surface area contributed by atoms with Gasteiger partial charge in [-0.1, -0.05) is 6.07 Å². The summed E-state index contributed by atoms with van der Waals surface area (Å²) < 4.78 is 48.3. The van der Waals surface area contributed by atoms with Crippen LogP contribution in [-0.2, 0) is 11.0 Å². The molecule has 0 saturated carbocycles. The van der Waals surface area contributed by atoms with Crippen molar-refractivity contribution in [1.29, 1.82) is 0 Å². The van der Waals surface area contributed by atoms with Gasteiger partial charge in [0.2, 0.25) is 12.7 Å². The van der Waals surface area contributed by atoms with Crippen LogP contribution in [0.4, 0.5) is 24.5 Å². The largest absolute Gasteiger partial charge is 0.454 e. The van der Waals surface area contributed by atoms with Crippen LogP contribution in [0.2, 0.25) is 0 Å². The Hall–Kier alpha value is -3.56. The quantitative estimate of drug-likeness (QED) is 0.492. The number of carbonyl (C=O) groups excluding carboxylic acids is 1. The number of fused-ring (bicyclic) bond motifs is 1. The summed E-state index contributed by atoms with van der Waals surface area (Å²) in [5.41, 5.74) is -1.18. The van der Waals surface area contributed by atoms with Crippen LogP contribution in [0.15, 0.2) is 42.5 Å². The van der Waals surface area contributed by atoms with Gasteiger partial charge in [-0.25, -0.2) is 0 Å². The molecular formula is C17H11F3N2O5. The van der Waals surface area contributed by atoms with E-state index >= 15 is 0 Å². The van der Waals surface area contributed by atoms with E-state index in [4.69, 9.17) is 9.47 Å². The Morgan fingerprint density at radius 1 is 1.19 bits per heavy atom. The van der Waals surface area contributed by atoms with E-state index in [1.54, 1.807) is 0 Å². The molecule has 1 N–H and O–H groups in total. The van der Waals surface area contributed by atoms with Gasteiger partial charge in [-0.05, 0) is 30.3 Å². The van der Waals surface area contributed by atoms with Crippen LogP contribution in [0.1, 0.15) is 11.1 Å². The first-order valence-corrected chi connectivity index (χ1v) is 7.48. The summed E-state index contributed by atoms with van der Waals surface area (Å²) in [5, 5.41) is 13.4. The Kier molecular flexibility index (Phi) is 4.72. The number of alkyl halides is 3. The lowest BCUT2D eigenvalue weighted by molar-refractivity contribution is -0.385. The van der Waals surface area contributed by atoms with Crippen molar-refractivity contribution in [3.8, 4) is 11.5 Å².